The molecule has 0 aliphatic rings. The lowest BCUT2D eigenvalue weighted by molar-refractivity contribution is -0.130. The largest absolute Gasteiger partial charge is 0.422 e. The molecule has 18 nitrogen and oxygen atoms in total. The lowest BCUT2D eigenvalue weighted by Gasteiger charge is -2.20. The monoisotopic (exact) mass is 1080 g/mol. The molecule has 0 radical (unpaired) electrons. The number of hydrogen-bond acceptors (Lipinski definition) is 15. The van der Waals surface area contributed by atoms with E-state index >= 15 is 0 Å². The predicted octanol–water partition coefficient (Wildman–Crippen LogP) is 9.22. The van der Waals surface area contributed by atoms with Crippen molar-refractivity contribution in [2.75, 3.05) is 54.0 Å². The van der Waals surface area contributed by atoms with E-state index in [4.69, 9.17) is 14.2 Å². The van der Waals surface area contributed by atoms with Crippen molar-refractivity contribution in [2.24, 2.45) is 0 Å². The number of esters is 3. The van der Waals surface area contributed by atoms with Crippen LogP contribution in [0.4, 0.5) is 17.1 Å². The van der Waals surface area contributed by atoms with Crippen LogP contribution in [0.15, 0.2) is 177 Å². The standard InChI is InChI=1S/C63H57N9O9/c1-7-67(8-2)49-19-13-43(14-20-49)37-46(40-64)58(73)79-55-31-25-52(26-32-55)70-61(76)71(53-27-33-56(34-28-53)80-59(74)47(41-65)38-44-15-21-50(22-16-44)68(9-3)10-4)63(78)72(62(70)77)54-29-35-57(36-30-54)81-60(75)48(42-66)39-45-17-23-51(24-18-45)69(11-5)12-6/h13-39H,7-12H2,1-6H3/b46-37+,47-38+,48-39+. The van der Waals surface area contributed by atoms with Gasteiger partial charge in [-0.25, -0.2) is 42.5 Å². The van der Waals surface area contributed by atoms with Crippen molar-refractivity contribution in [2.45, 2.75) is 41.5 Å². The molecule has 81 heavy (non-hydrogen) atoms. The molecule has 6 aromatic carbocycles. The molecule has 1 aromatic heterocycles. The van der Waals surface area contributed by atoms with E-state index in [0.717, 1.165) is 56.3 Å². The van der Waals surface area contributed by atoms with Gasteiger partial charge in [0, 0.05) is 56.3 Å². The van der Waals surface area contributed by atoms with Crippen molar-refractivity contribution < 1.29 is 28.6 Å². The summed E-state index contributed by atoms with van der Waals surface area (Å²) < 4.78 is 18.7. The number of rotatable bonds is 21. The third-order valence-electron chi connectivity index (χ3n) is 13.1. The van der Waals surface area contributed by atoms with Gasteiger partial charge in [-0.2, -0.15) is 15.8 Å². The SMILES string of the molecule is CCN(CC)c1ccc(/C=C(\C#N)C(=O)Oc2ccc(-n3c(=O)n(-c4ccc(OC(=O)/C(C#N)=C/c5ccc(N(CC)CC)cc5)cc4)c(=O)n(-c4ccc(OC(=O)/C(C#N)=C/c5ccc(N(CC)CC)cc5)cc4)c3=O)cc2)cc1. The average Bonchev–Trinajstić information content (AvgIpc) is 3.64. The van der Waals surface area contributed by atoms with E-state index in [9.17, 15) is 44.6 Å². The molecular formula is C63H57N9O9. The van der Waals surface area contributed by atoms with E-state index in [2.05, 4.69) is 14.7 Å². The maximum Gasteiger partial charge on any atom is 0.354 e. The molecule has 0 saturated heterocycles. The maximum atomic E-state index is 14.5. The number of hydrogen-bond donors (Lipinski definition) is 0. The van der Waals surface area contributed by atoms with Crippen molar-refractivity contribution in [3.05, 3.63) is 210 Å². The number of nitriles is 3. The van der Waals surface area contributed by atoms with Crippen LogP contribution in [0.3, 0.4) is 0 Å². The summed E-state index contributed by atoms with van der Waals surface area (Å²) in [7, 11) is 0. The molecule has 0 spiro atoms. The van der Waals surface area contributed by atoms with Crippen LogP contribution in [0.25, 0.3) is 35.3 Å². The first-order valence-electron chi connectivity index (χ1n) is 26.1. The second-order valence-electron chi connectivity index (χ2n) is 17.8. The molecule has 0 N–H and O–H groups in total. The molecule has 7 aromatic rings. The molecule has 0 amide bonds. The number of carbonyl (C=O) groups excluding carboxylic acids is 3. The summed E-state index contributed by atoms with van der Waals surface area (Å²) in [5.74, 6) is -3.00. The highest BCUT2D eigenvalue weighted by molar-refractivity contribution is 6.00. The summed E-state index contributed by atoms with van der Waals surface area (Å²) in [4.78, 5) is 89.9. The Hall–Kier alpha value is -10.8. The van der Waals surface area contributed by atoms with Crippen molar-refractivity contribution in [3.8, 4) is 52.5 Å². The van der Waals surface area contributed by atoms with Crippen molar-refractivity contribution in [1.82, 2.24) is 13.7 Å². The van der Waals surface area contributed by atoms with Gasteiger partial charge >= 0.3 is 35.0 Å². The maximum absolute atomic E-state index is 14.5. The second kappa shape index (κ2) is 27.0. The second-order valence-corrected chi connectivity index (χ2v) is 17.8. The summed E-state index contributed by atoms with van der Waals surface area (Å²) >= 11 is 0. The molecule has 1 heterocycles. The molecule has 0 saturated carbocycles. The highest BCUT2D eigenvalue weighted by atomic mass is 16.5. The minimum absolute atomic E-state index is 0.0380. The Balaban J connectivity index is 1.20. The highest BCUT2D eigenvalue weighted by Gasteiger charge is 2.22. The predicted molar refractivity (Wildman–Crippen MR) is 311 cm³/mol. The zero-order chi connectivity index (χ0) is 58.2. The lowest BCUT2D eigenvalue weighted by atomic mass is 10.1. The van der Waals surface area contributed by atoms with Crippen LogP contribution in [0.5, 0.6) is 17.2 Å². The van der Waals surface area contributed by atoms with Gasteiger partial charge in [-0.15, -0.1) is 0 Å². The lowest BCUT2D eigenvalue weighted by Crippen LogP contribution is -2.52. The van der Waals surface area contributed by atoms with E-state index in [1.807, 2.05) is 96.1 Å². The Morgan fingerprint density at radius 1 is 0.370 bits per heavy atom. The minimum Gasteiger partial charge on any atom is -0.422 e. The quantitative estimate of drug-likeness (QED) is 0.0283. The zero-order valence-corrected chi connectivity index (χ0v) is 45.5. The first-order chi connectivity index (χ1) is 39.2. The molecule has 7 rings (SSSR count). The van der Waals surface area contributed by atoms with Crippen LogP contribution < -0.4 is 46.0 Å². The first kappa shape index (κ1) is 57.9. The van der Waals surface area contributed by atoms with E-state index in [1.165, 1.54) is 91.0 Å². The Kier molecular flexibility index (Phi) is 19.3. The van der Waals surface area contributed by atoms with Gasteiger partial charge in [0.15, 0.2) is 0 Å². The fourth-order valence-electron chi connectivity index (χ4n) is 8.70. The Morgan fingerprint density at radius 3 is 0.765 bits per heavy atom. The van der Waals surface area contributed by atoms with E-state index in [1.54, 1.807) is 36.4 Å². The van der Waals surface area contributed by atoms with Gasteiger partial charge in [-0.3, -0.25) is 0 Å². The number of aromatic nitrogens is 3. The van der Waals surface area contributed by atoms with Crippen LogP contribution in [0.1, 0.15) is 58.2 Å². The summed E-state index contributed by atoms with van der Waals surface area (Å²) in [6.07, 6.45) is 4.18. The van der Waals surface area contributed by atoms with E-state index < -0.39 is 35.0 Å². The van der Waals surface area contributed by atoms with E-state index in [-0.39, 0.29) is 51.0 Å². The number of benzene rings is 6. The van der Waals surface area contributed by atoms with Crippen LogP contribution in [-0.4, -0.2) is 70.9 Å². The van der Waals surface area contributed by atoms with Crippen LogP contribution >= 0.6 is 0 Å². The molecular weight excluding hydrogens is 1030 g/mol. The zero-order valence-electron chi connectivity index (χ0n) is 45.5. The molecule has 0 aliphatic heterocycles. The number of nitrogens with zero attached hydrogens (tertiary/aromatic N) is 9. The Morgan fingerprint density at radius 2 is 0.580 bits per heavy atom. The highest BCUT2D eigenvalue weighted by Crippen LogP contribution is 2.24. The Labute approximate surface area is 468 Å². The molecule has 0 bridgehead atoms. The van der Waals surface area contributed by atoms with Gasteiger partial charge in [0.25, 0.3) is 0 Å². The third kappa shape index (κ3) is 13.7. The van der Waals surface area contributed by atoms with Gasteiger partial charge in [0.1, 0.15) is 52.2 Å². The van der Waals surface area contributed by atoms with Gasteiger partial charge < -0.3 is 28.9 Å². The Bertz CT molecular complexity index is 3390. The van der Waals surface area contributed by atoms with Gasteiger partial charge in [-0.05, 0) is 186 Å². The van der Waals surface area contributed by atoms with Gasteiger partial charge in [0.2, 0.25) is 0 Å². The third-order valence-corrected chi connectivity index (χ3v) is 13.1. The summed E-state index contributed by atoms with van der Waals surface area (Å²) in [6.45, 7) is 17.0. The van der Waals surface area contributed by atoms with Gasteiger partial charge in [0.05, 0.1) is 17.1 Å². The first-order valence-corrected chi connectivity index (χ1v) is 26.1. The van der Waals surface area contributed by atoms with Crippen molar-refractivity contribution in [3.63, 3.8) is 0 Å². The average molecular weight is 1080 g/mol. The molecule has 0 fully saturated rings. The normalized spacial score (nSPS) is 11.4. The number of anilines is 3. The topological polar surface area (TPSA) is 226 Å². The number of ether oxygens (including phenoxy) is 3. The molecule has 0 aliphatic carbocycles. The molecule has 0 atom stereocenters. The van der Waals surface area contributed by atoms with Crippen molar-refractivity contribution >= 4 is 53.2 Å². The molecule has 0 unspecified atom stereocenters. The van der Waals surface area contributed by atoms with Crippen LogP contribution in [-0.2, 0) is 14.4 Å². The minimum atomic E-state index is -1.12. The van der Waals surface area contributed by atoms with Crippen LogP contribution in [0.2, 0.25) is 0 Å². The summed E-state index contributed by atoms with van der Waals surface area (Å²) in [5, 5.41) is 29.7. The summed E-state index contributed by atoms with van der Waals surface area (Å²) in [6, 6.07) is 43.2. The van der Waals surface area contributed by atoms with Crippen molar-refractivity contribution in [1.29, 1.82) is 15.8 Å². The molecule has 408 valence electrons. The molecule has 18 heteroatoms. The van der Waals surface area contributed by atoms with E-state index in [0.29, 0.717) is 30.4 Å². The summed E-state index contributed by atoms with van der Waals surface area (Å²) in [5.41, 5.74) is 0.279. The fourth-order valence-corrected chi connectivity index (χ4v) is 8.70. The smallest absolute Gasteiger partial charge is 0.354 e. The van der Waals surface area contributed by atoms with Crippen LogP contribution in [0, 0.1) is 34.0 Å². The number of carbonyl (C=O) groups is 3. The fraction of sp³-hybridized carbons (Fsp3) is 0.190. The van der Waals surface area contributed by atoms with Gasteiger partial charge in [-0.1, -0.05) is 36.4 Å².